The molecule has 7 nitrogen and oxygen atoms in total. The Morgan fingerprint density at radius 1 is 1.50 bits per heavy atom. The number of fused-ring (bicyclic) bond motifs is 1. The predicted octanol–water partition coefficient (Wildman–Crippen LogP) is -0.812. The van der Waals surface area contributed by atoms with E-state index in [1.54, 1.807) is 7.11 Å². The highest BCUT2D eigenvalue weighted by molar-refractivity contribution is 7.88. The van der Waals surface area contributed by atoms with Gasteiger partial charge in [-0.15, -0.1) is 0 Å². The van der Waals surface area contributed by atoms with Gasteiger partial charge >= 0.3 is 0 Å². The van der Waals surface area contributed by atoms with E-state index < -0.39 is 16.1 Å². The van der Waals surface area contributed by atoms with Gasteiger partial charge in [0.05, 0.1) is 19.0 Å². The van der Waals surface area contributed by atoms with Crippen LogP contribution in [-0.4, -0.2) is 70.4 Å². The fraction of sp³-hybridized carbons (Fsp3) is 0.917. The molecule has 0 aliphatic carbocycles. The van der Waals surface area contributed by atoms with Crippen LogP contribution >= 0.6 is 0 Å². The van der Waals surface area contributed by atoms with Gasteiger partial charge in [0.25, 0.3) is 0 Å². The molecule has 116 valence electrons. The Hall–Kier alpha value is -0.700. The van der Waals surface area contributed by atoms with E-state index in [0.717, 1.165) is 6.42 Å². The second kappa shape index (κ2) is 6.38. The average molecular weight is 306 g/mol. The molecule has 1 N–H and O–H groups in total. The molecule has 0 spiro atoms. The fourth-order valence-corrected chi connectivity index (χ4v) is 3.62. The Bertz CT molecular complexity index is 453. The zero-order valence-electron chi connectivity index (χ0n) is 11.9. The lowest BCUT2D eigenvalue weighted by atomic mass is 9.93. The van der Waals surface area contributed by atoms with E-state index in [1.165, 1.54) is 10.6 Å². The molecule has 2 aliphatic rings. The Balaban J connectivity index is 1.87. The van der Waals surface area contributed by atoms with Gasteiger partial charge in [0.2, 0.25) is 15.9 Å². The number of piperidine rings is 1. The summed E-state index contributed by atoms with van der Waals surface area (Å²) in [6.07, 6.45) is 1.98. The highest BCUT2D eigenvalue weighted by Gasteiger charge is 2.43. The van der Waals surface area contributed by atoms with E-state index in [4.69, 9.17) is 9.47 Å². The number of sulfonamides is 1. The van der Waals surface area contributed by atoms with Crippen molar-refractivity contribution in [3.8, 4) is 0 Å². The topological polar surface area (TPSA) is 84.9 Å². The molecule has 2 heterocycles. The smallest absolute Gasteiger partial charge is 0.249 e. The minimum atomic E-state index is -3.18. The highest BCUT2D eigenvalue weighted by Crippen LogP contribution is 2.33. The molecule has 0 aromatic heterocycles. The van der Waals surface area contributed by atoms with Crippen LogP contribution in [0.1, 0.15) is 12.8 Å². The van der Waals surface area contributed by atoms with E-state index >= 15 is 0 Å². The summed E-state index contributed by atoms with van der Waals surface area (Å²) in [4.78, 5) is 11.9. The maximum absolute atomic E-state index is 11.9. The molecule has 0 aromatic rings. The number of ether oxygens (including phenoxy) is 2. The summed E-state index contributed by atoms with van der Waals surface area (Å²) in [5, 5.41) is 2.76. The third kappa shape index (κ3) is 3.69. The van der Waals surface area contributed by atoms with E-state index in [-0.39, 0.29) is 17.9 Å². The number of hydrogen-bond donors (Lipinski definition) is 1. The molecule has 0 bridgehead atoms. The molecule has 0 unspecified atom stereocenters. The molecule has 2 aliphatic heterocycles. The van der Waals surface area contributed by atoms with Gasteiger partial charge in [-0.2, -0.15) is 4.31 Å². The molecule has 0 saturated carbocycles. The first-order chi connectivity index (χ1) is 9.41. The third-order valence-electron chi connectivity index (χ3n) is 3.88. The Labute approximate surface area is 119 Å². The van der Waals surface area contributed by atoms with Crippen molar-refractivity contribution in [1.82, 2.24) is 9.62 Å². The molecule has 8 heteroatoms. The Morgan fingerprint density at radius 2 is 2.25 bits per heavy atom. The second-order valence-electron chi connectivity index (χ2n) is 5.35. The number of amides is 1. The first-order valence-corrected chi connectivity index (χ1v) is 8.64. The lowest BCUT2D eigenvalue weighted by molar-refractivity contribution is -0.132. The number of carbonyl (C=O) groups excluding carboxylic acids is 1. The maximum Gasteiger partial charge on any atom is 0.249 e. The second-order valence-corrected chi connectivity index (χ2v) is 7.33. The van der Waals surface area contributed by atoms with Gasteiger partial charge < -0.3 is 14.8 Å². The van der Waals surface area contributed by atoms with Gasteiger partial charge in [0.1, 0.15) is 6.10 Å². The number of methoxy groups -OCH3 is 1. The Kier molecular flexibility index (Phi) is 5.00. The van der Waals surface area contributed by atoms with Gasteiger partial charge in [-0.1, -0.05) is 0 Å². The van der Waals surface area contributed by atoms with Crippen molar-refractivity contribution in [2.45, 2.75) is 25.0 Å². The van der Waals surface area contributed by atoms with E-state index in [2.05, 4.69) is 5.32 Å². The van der Waals surface area contributed by atoms with Crippen LogP contribution in [0.25, 0.3) is 0 Å². The number of hydrogen-bond acceptors (Lipinski definition) is 5. The molecular formula is C12H22N2O5S. The van der Waals surface area contributed by atoms with Crippen LogP contribution < -0.4 is 5.32 Å². The van der Waals surface area contributed by atoms with Crippen LogP contribution in [-0.2, 0) is 24.3 Å². The monoisotopic (exact) mass is 306 g/mol. The van der Waals surface area contributed by atoms with Gasteiger partial charge in [-0.3, -0.25) is 4.79 Å². The van der Waals surface area contributed by atoms with E-state index in [9.17, 15) is 13.2 Å². The van der Waals surface area contributed by atoms with E-state index in [1.807, 2.05) is 0 Å². The molecule has 0 radical (unpaired) electrons. The molecule has 2 saturated heterocycles. The van der Waals surface area contributed by atoms with Crippen LogP contribution in [0.3, 0.4) is 0 Å². The molecule has 2 rings (SSSR count). The summed E-state index contributed by atoms with van der Waals surface area (Å²) in [7, 11) is -1.61. The van der Waals surface area contributed by atoms with Crippen molar-refractivity contribution in [1.29, 1.82) is 0 Å². The molecule has 2 fully saturated rings. The quantitative estimate of drug-likeness (QED) is 0.671. The van der Waals surface area contributed by atoms with Crippen LogP contribution in [0.15, 0.2) is 0 Å². The third-order valence-corrected chi connectivity index (χ3v) is 5.15. The van der Waals surface area contributed by atoms with Crippen molar-refractivity contribution < 1.29 is 22.7 Å². The average Bonchev–Trinajstić information content (AvgIpc) is 2.80. The van der Waals surface area contributed by atoms with Crippen molar-refractivity contribution >= 4 is 15.9 Å². The van der Waals surface area contributed by atoms with Gasteiger partial charge in [-0.25, -0.2) is 8.42 Å². The van der Waals surface area contributed by atoms with Gasteiger partial charge in [0, 0.05) is 26.7 Å². The molecule has 20 heavy (non-hydrogen) atoms. The van der Waals surface area contributed by atoms with Crippen LogP contribution in [0.5, 0.6) is 0 Å². The van der Waals surface area contributed by atoms with Crippen LogP contribution in [0.4, 0.5) is 0 Å². The number of carbonyl (C=O) groups is 1. The van der Waals surface area contributed by atoms with Gasteiger partial charge in [-0.05, 0) is 18.8 Å². The molecule has 0 aromatic carbocycles. The van der Waals surface area contributed by atoms with Crippen molar-refractivity contribution in [2.24, 2.45) is 5.92 Å². The predicted molar refractivity (Wildman–Crippen MR) is 72.7 cm³/mol. The summed E-state index contributed by atoms with van der Waals surface area (Å²) in [6, 6.07) is 0. The van der Waals surface area contributed by atoms with Gasteiger partial charge in [0.15, 0.2) is 0 Å². The zero-order valence-corrected chi connectivity index (χ0v) is 12.7. The normalized spacial score (nSPS) is 31.0. The van der Waals surface area contributed by atoms with Crippen molar-refractivity contribution in [2.75, 3.05) is 39.6 Å². The largest absolute Gasteiger partial charge is 0.383 e. The highest BCUT2D eigenvalue weighted by atomic mass is 32.2. The van der Waals surface area contributed by atoms with Crippen molar-refractivity contribution in [3.63, 3.8) is 0 Å². The standard InChI is InChI=1S/C12H22N2O5S/c1-18-6-4-13-12(15)10-7-9-3-5-14(20(2,16)17)8-11(9)19-10/h9-11H,3-8H2,1-2H3,(H,13,15)/t9-,10+,11-/m0/s1. The molecule has 1 amide bonds. The van der Waals surface area contributed by atoms with Crippen molar-refractivity contribution in [3.05, 3.63) is 0 Å². The lowest BCUT2D eigenvalue weighted by Crippen LogP contribution is -2.45. The zero-order chi connectivity index (χ0) is 14.8. The first kappa shape index (κ1) is 15.7. The fourth-order valence-electron chi connectivity index (χ4n) is 2.76. The lowest BCUT2D eigenvalue weighted by Gasteiger charge is -2.32. The minimum absolute atomic E-state index is 0.137. The summed E-state index contributed by atoms with van der Waals surface area (Å²) in [6.45, 7) is 1.79. The summed E-state index contributed by atoms with van der Waals surface area (Å²) in [5.41, 5.74) is 0. The summed E-state index contributed by atoms with van der Waals surface area (Å²) < 4.78 is 35.1. The van der Waals surface area contributed by atoms with Crippen LogP contribution in [0.2, 0.25) is 0 Å². The Morgan fingerprint density at radius 3 is 2.90 bits per heavy atom. The van der Waals surface area contributed by atoms with Crippen LogP contribution in [0, 0.1) is 5.92 Å². The summed E-state index contributed by atoms with van der Waals surface area (Å²) in [5.74, 6) is 0.133. The van der Waals surface area contributed by atoms with E-state index in [0.29, 0.717) is 32.7 Å². The SMILES string of the molecule is COCCNC(=O)[C@H]1C[C@@H]2CCN(S(C)(=O)=O)C[C@@H]2O1. The minimum Gasteiger partial charge on any atom is -0.383 e. The first-order valence-electron chi connectivity index (χ1n) is 6.79. The molecular weight excluding hydrogens is 284 g/mol. The maximum atomic E-state index is 11.9. The number of nitrogens with zero attached hydrogens (tertiary/aromatic N) is 1. The number of rotatable bonds is 5. The molecule has 3 atom stereocenters. The number of nitrogens with one attached hydrogen (secondary N) is 1. The summed E-state index contributed by atoms with van der Waals surface area (Å²) >= 11 is 0.